The molecule has 2 aliphatic rings. The number of nitrogens with zero attached hydrogens (tertiary/aromatic N) is 6. The third kappa shape index (κ3) is 8.15. The molecule has 0 bridgehead atoms. The summed E-state index contributed by atoms with van der Waals surface area (Å²) in [5.74, 6) is 0. The zero-order chi connectivity index (χ0) is 37.2. The predicted octanol–water partition coefficient (Wildman–Crippen LogP) is -0.645. The van der Waals surface area contributed by atoms with Crippen LogP contribution in [-0.2, 0) is 32.0 Å². The zero-order valence-electron chi connectivity index (χ0n) is 27.8. The minimum atomic E-state index is -1.51. The summed E-state index contributed by atoms with van der Waals surface area (Å²) in [6, 6.07) is 10.1. The van der Waals surface area contributed by atoms with Gasteiger partial charge in [-0.2, -0.15) is 0 Å². The van der Waals surface area contributed by atoms with Crippen molar-refractivity contribution in [2.75, 3.05) is 26.4 Å². The second kappa shape index (κ2) is 16.7. The van der Waals surface area contributed by atoms with Gasteiger partial charge in [-0.3, -0.25) is 0 Å². The Morgan fingerprint density at radius 3 is 1.58 bits per heavy atom. The van der Waals surface area contributed by atoms with Crippen molar-refractivity contribution in [1.82, 2.24) is 30.0 Å². The first-order chi connectivity index (χ1) is 25.6. The number of rotatable bonds is 14. The van der Waals surface area contributed by atoms with Crippen LogP contribution in [0.4, 0.5) is 0 Å². The molecule has 5 aromatic rings. The maximum atomic E-state index is 10.2. The van der Waals surface area contributed by atoms with Crippen molar-refractivity contribution in [3.05, 3.63) is 48.1 Å². The first-order valence-electron chi connectivity index (χ1n) is 16.6. The van der Waals surface area contributed by atoms with Crippen molar-refractivity contribution in [2.45, 2.75) is 74.5 Å². The highest BCUT2D eigenvalue weighted by Gasteiger charge is 2.45. The monoisotopic (exact) mass is 794 g/mol. The largest absolute Gasteiger partial charge is 0.394 e. The van der Waals surface area contributed by atoms with Crippen LogP contribution in [-0.4, -0.2) is 159 Å². The van der Waals surface area contributed by atoms with E-state index in [1.54, 1.807) is 55.8 Å². The maximum Gasteiger partial charge on any atom is 0.186 e. The molecule has 10 atom stereocenters. The highest BCUT2D eigenvalue weighted by Crippen LogP contribution is 2.45. The first-order valence-corrected chi connectivity index (χ1v) is 19.1. The van der Waals surface area contributed by atoms with Crippen LogP contribution in [0.3, 0.4) is 0 Å². The van der Waals surface area contributed by atoms with E-state index >= 15 is 0 Å². The number of aromatic nitrogens is 6. The lowest BCUT2D eigenvalue weighted by Crippen LogP contribution is -2.59. The van der Waals surface area contributed by atoms with E-state index in [2.05, 4.69) is 26.7 Å². The van der Waals surface area contributed by atoms with Gasteiger partial charge in [-0.05, 0) is 35.7 Å². The average molecular weight is 795 g/mol. The number of aliphatic hydroxyl groups excluding tert-OH is 8. The molecule has 53 heavy (non-hydrogen) atoms. The van der Waals surface area contributed by atoms with Gasteiger partial charge in [-0.1, -0.05) is 10.4 Å². The molecule has 0 spiro atoms. The summed E-state index contributed by atoms with van der Waals surface area (Å²) >= 11 is 4.79. The van der Waals surface area contributed by atoms with Crippen LogP contribution in [0.2, 0.25) is 0 Å². The molecule has 0 aliphatic carbocycles. The Hall–Kier alpha value is -3.10. The fourth-order valence-electron chi connectivity index (χ4n) is 5.89. The molecule has 7 heterocycles. The summed E-state index contributed by atoms with van der Waals surface area (Å²) < 4.78 is 25.1. The quantitative estimate of drug-likeness (QED) is 0.0695. The van der Waals surface area contributed by atoms with Crippen LogP contribution in [0.25, 0.3) is 41.3 Å². The Balaban J connectivity index is 0.939. The maximum absolute atomic E-state index is 10.2. The van der Waals surface area contributed by atoms with Gasteiger partial charge in [0.25, 0.3) is 0 Å². The van der Waals surface area contributed by atoms with Gasteiger partial charge in [0.05, 0.1) is 66.5 Å². The van der Waals surface area contributed by atoms with E-state index in [4.69, 9.17) is 18.9 Å². The summed E-state index contributed by atoms with van der Waals surface area (Å²) in [6.07, 6.45) is -9.87. The van der Waals surface area contributed by atoms with Crippen molar-refractivity contribution in [3.8, 4) is 41.3 Å². The summed E-state index contributed by atoms with van der Waals surface area (Å²) in [4.78, 5) is 5.04. The first kappa shape index (κ1) is 38.2. The number of hydrogen-bond donors (Lipinski definition) is 8. The van der Waals surface area contributed by atoms with E-state index in [-0.39, 0.29) is 26.3 Å². The minimum Gasteiger partial charge on any atom is -0.394 e. The summed E-state index contributed by atoms with van der Waals surface area (Å²) in [5.41, 5.74) is 2.42. The number of ether oxygens (including phenoxy) is 4. The van der Waals surface area contributed by atoms with E-state index in [1.807, 2.05) is 29.6 Å². The molecule has 2 fully saturated rings. The fourth-order valence-corrected chi connectivity index (χ4v) is 8.95. The Labute approximate surface area is 313 Å². The molecular weight excluding hydrogens is 757 g/mol. The lowest BCUT2D eigenvalue weighted by Gasteiger charge is -2.39. The van der Waals surface area contributed by atoms with Crippen LogP contribution in [0, 0.1) is 0 Å². The summed E-state index contributed by atoms with van der Waals surface area (Å²) in [5, 5.41) is 97.9. The zero-order valence-corrected chi connectivity index (χ0v) is 30.2. The third-order valence-corrected chi connectivity index (χ3v) is 12.2. The number of hydrogen-bond acceptors (Lipinski definition) is 19. The topological polar surface area (TPSA) is 260 Å². The van der Waals surface area contributed by atoms with Crippen LogP contribution < -0.4 is 0 Å². The van der Waals surface area contributed by atoms with Gasteiger partial charge in [-0.15, -0.1) is 44.2 Å². The molecule has 5 aromatic heterocycles. The van der Waals surface area contributed by atoms with E-state index in [9.17, 15) is 40.9 Å². The van der Waals surface area contributed by atoms with E-state index in [1.165, 1.54) is 0 Å². The van der Waals surface area contributed by atoms with Crippen LogP contribution in [0.15, 0.2) is 48.1 Å². The van der Waals surface area contributed by atoms with Gasteiger partial charge in [0.15, 0.2) is 12.6 Å². The van der Waals surface area contributed by atoms with Gasteiger partial charge < -0.3 is 59.8 Å². The molecular formula is C32H38N6O12S3. The Kier molecular flexibility index (Phi) is 12.1. The van der Waals surface area contributed by atoms with Crippen molar-refractivity contribution >= 4 is 34.0 Å². The van der Waals surface area contributed by atoms with Crippen LogP contribution in [0.1, 0.15) is 0 Å². The standard InChI is InChI=1S/C32H38N6O12S3/c39-13-18-24(41)26(43)28(45)31(49-18)47-8-6-37-11-16(33-35-37)21-2-1-20(52-21)15-5-10-51-30(15)23-4-3-22(53-23)17-12-38(36-34-17)7-9-48-32-29(46)27(44)25(42)19(14-40)50-32/h1-5,10-12,18-19,24-29,31-32,39-46H,6-9,13-14H2/t18-,19-,24-,25-,26+,27+,28+,29+,31+,32+/m1/s1. The third-order valence-electron chi connectivity index (χ3n) is 8.85. The van der Waals surface area contributed by atoms with Gasteiger partial charge in [-0.25, -0.2) is 9.36 Å². The normalized spacial score (nSPS) is 29.2. The van der Waals surface area contributed by atoms with Crippen LogP contribution in [0.5, 0.6) is 0 Å². The van der Waals surface area contributed by atoms with Crippen molar-refractivity contribution < 1.29 is 59.8 Å². The molecule has 0 saturated carbocycles. The molecule has 0 aromatic carbocycles. The lowest BCUT2D eigenvalue weighted by molar-refractivity contribution is -0.301. The molecule has 8 N–H and O–H groups in total. The Morgan fingerprint density at radius 1 is 0.604 bits per heavy atom. The molecule has 286 valence electrons. The molecule has 7 rings (SSSR count). The molecule has 0 radical (unpaired) electrons. The summed E-state index contributed by atoms with van der Waals surface area (Å²) in [6.45, 7) is -0.382. The molecule has 18 nitrogen and oxygen atoms in total. The van der Waals surface area contributed by atoms with E-state index < -0.39 is 74.6 Å². The number of aliphatic hydroxyl groups is 8. The summed E-state index contributed by atoms with van der Waals surface area (Å²) in [7, 11) is 0. The van der Waals surface area contributed by atoms with E-state index in [0.717, 1.165) is 29.9 Å². The molecule has 0 unspecified atom stereocenters. The molecule has 2 saturated heterocycles. The second-order valence-electron chi connectivity index (χ2n) is 12.4. The van der Waals surface area contributed by atoms with Crippen molar-refractivity contribution in [3.63, 3.8) is 0 Å². The Bertz CT molecular complexity index is 1790. The molecule has 2 aliphatic heterocycles. The van der Waals surface area contributed by atoms with Crippen LogP contribution >= 0.6 is 34.0 Å². The SMILES string of the molecule is OC[C@H]1O[C@H](OCCn2cc(-c3ccc(-c4ccsc4-c4ccc(-c5cn(CCO[C@H]6O[C@H](CO)[C@@H](O)[C@H](O)[C@@H]6O)nn5)s4)s3)nn2)[C@@H](O)[C@@H](O)[C@@H]1O. The number of thiophene rings is 3. The van der Waals surface area contributed by atoms with Crippen molar-refractivity contribution in [1.29, 1.82) is 0 Å². The average Bonchev–Trinajstić information content (AvgIpc) is 4.01. The second-order valence-corrected chi connectivity index (χ2v) is 15.4. The molecule has 21 heteroatoms. The van der Waals surface area contributed by atoms with Gasteiger partial charge in [0.2, 0.25) is 0 Å². The predicted molar refractivity (Wildman–Crippen MR) is 188 cm³/mol. The van der Waals surface area contributed by atoms with Crippen molar-refractivity contribution in [2.24, 2.45) is 0 Å². The highest BCUT2D eigenvalue weighted by atomic mass is 32.1. The smallest absolute Gasteiger partial charge is 0.186 e. The lowest BCUT2D eigenvalue weighted by atomic mass is 9.99. The highest BCUT2D eigenvalue weighted by molar-refractivity contribution is 7.24. The van der Waals surface area contributed by atoms with Gasteiger partial charge in [0.1, 0.15) is 60.2 Å². The van der Waals surface area contributed by atoms with Gasteiger partial charge in [0, 0.05) is 15.3 Å². The molecule has 0 amide bonds. The van der Waals surface area contributed by atoms with E-state index in [0.29, 0.717) is 11.4 Å². The van der Waals surface area contributed by atoms with Gasteiger partial charge >= 0.3 is 0 Å². The fraction of sp³-hybridized carbons (Fsp3) is 0.500. The minimum absolute atomic E-state index is 0.0680. The Morgan fingerprint density at radius 2 is 1.08 bits per heavy atom.